The van der Waals surface area contributed by atoms with Gasteiger partial charge in [-0.3, -0.25) is 4.90 Å². The smallest absolute Gasteiger partial charge is 0.0224 e. The normalized spacial score (nSPS) is 29.1. The van der Waals surface area contributed by atoms with Crippen molar-refractivity contribution in [3.05, 3.63) is 12.2 Å². The van der Waals surface area contributed by atoms with Crippen molar-refractivity contribution in [2.24, 2.45) is 0 Å². The molecule has 2 heterocycles. The number of fused-ring (bicyclic) bond motifs is 1. The van der Waals surface area contributed by atoms with E-state index in [-0.39, 0.29) is 0 Å². The maximum atomic E-state index is 3.97. The summed E-state index contributed by atoms with van der Waals surface area (Å²) in [5.41, 5.74) is 1.32. The van der Waals surface area contributed by atoms with Gasteiger partial charge in [-0.05, 0) is 32.7 Å². The van der Waals surface area contributed by atoms with Crippen molar-refractivity contribution in [3.63, 3.8) is 0 Å². The second-order valence-electron chi connectivity index (χ2n) is 4.84. The second kappa shape index (κ2) is 4.45. The van der Waals surface area contributed by atoms with Crippen LogP contribution in [0, 0.1) is 0 Å². The monoisotopic (exact) mass is 194 g/mol. The van der Waals surface area contributed by atoms with Crippen LogP contribution in [0.15, 0.2) is 12.2 Å². The van der Waals surface area contributed by atoms with E-state index in [1.165, 1.54) is 57.6 Å². The van der Waals surface area contributed by atoms with E-state index < -0.39 is 0 Å². The predicted octanol–water partition coefficient (Wildman–Crippen LogP) is 1.73. The topological polar surface area (TPSA) is 6.48 Å². The van der Waals surface area contributed by atoms with E-state index in [0.717, 1.165) is 6.04 Å². The van der Waals surface area contributed by atoms with Crippen LogP contribution in [0.25, 0.3) is 0 Å². The van der Waals surface area contributed by atoms with E-state index in [4.69, 9.17) is 0 Å². The summed E-state index contributed by atoms with van der Waals surface area (Å²) in [6.45, 7) is 12.5. The molecule has 0 aromatic rings. The molecule has 2 nitrogen and oxygen atoms in total. The molecule has 2 heteroatoms. The Labute approximate surface area is 87.6 Å². The van der Waals surface area contributed by atoms with Crippen molar-refractivity contribution in [3.8, 4) is 0 Å². The Morgan fingerprint density at radius 2 is 2.21 bits per heavy atom. The van der Waals surface area contributed by atoms with E-state index >= 15 is 0 Å². The van der Waals surface area contributed by atoms with Gasteiger partial charge in [-0.25, -0.2) is 0 Å². The third kappa shape index (κ3) is 2.37. The summed E-state index contributed by atoms with van der Waals surface area (Å²) in [6, 6.07) is 0.869. The third-order valence-electron chi connectivity index (χ3n) is 3.53. The Bertz CT molecular complexity index is 212. The van der Waals surface area contributed by atoms with Gasteiger partial charge in [0.15, 0.2) is 0 Å². The van der Waals surface area contributed by atoms with Gasteiger partial charge >= 0.3 is 0 Å². The van der Waals surface area contributed by atoms with Gasteiger partial charge in [0.2, 0.25) is 0 Å². The molecular formula is C12H22N2. The van der Waals surface area contributed by atoms with Gasteiger partial charge in [0.05, 0.1) is 0 Å². The summed E-state index contributed by atoms with van der Waals surface area (Å²) in [5.74, 6) is 0. The molecule has 2 saturated heterocycles. The lowest BCUT2D eigenvalue weighted by molar-refractivity contribution is 0.105. The Morgan fingerprint density at radius 1 is 1.36 bits per heavy atom. The molecule has 2 fully saturated rings. The van der Waals surface area contributed by atoms with Crippen molar-refractivity contribution in [2.75, 3.05) is 32.7 Å². The molecule has 0 aromatic carbocycles. The highest BCUT2D eigenvalue weighted by Crippen LogP contribution is 2.21. The van der Waals surface area contributed by atoms with Crippen LogP contribution >= 0.6 is 0 Å². The first kappa shape index (κ1) is 10.2. The van der Waals surface area contributed by atoms with E-state index in [9.17, 15) is 0 Å². The summed E-state index contributed by atoms with van der Waals surface area (Å²) < 4.78 is 0. The van der Waals surface area contributed by atoms with Crippen LogP contribution in [-0.2, 0) is 0 Å². The third-order valence-corrected chi connectivity index (χ3v) is 3.53. The second-order valence-corrected chi connectivity index (χ2v) is 4.84. The number of rotatable bonds is 3. The molecule has 0 aromatic heterocycles. The van der Waals surface area contributed by atoms with Crippen LogP contribution in [0.2, 0.25) is 0 Å². The minimum atomic E-state index is 0.869. The van der Waals surface area contributed by atoms with Gasteiger partial charge in [0.25, 0.3) is 0 Å². The predicted molar refractivity (Wildman–Crippen MR) is 60.5 cm³/mol. The zero-order valence-corrected chi connectivity index (χ0v) is 9.34. The van der Waals surface area contributed by atoms with Gasteiger partial charge in [0, 0.05) is 32.2 Å². The molecule has 2 aliphatic heterocycles. The molecule has 0 aliphatic carbocycles. The Balaban J connectivity index is 1.77. The van der Waals surface area contributed by atoms with Gasteiger partial charge in [-0.2, -0.15) is 0 Å². The first-order chi connectivity index (χ1) is 6.75. The van der Waals surface area contributed by atoms with E-state index in [2.05, 4.69) is 23.3 Å². The lowest BCUT2D eigenvalue weighted by Crippen LogP contribution is -2.50. The van der Waals surface area contributed by atoms with Crippen LogP contribution < -0.4 is 0 Å². The maximum absolute atomic E-state index is 3.97. The minimum Gasteiger partial charge on any atom is -0.300 e. The van der Waals surface area contributed by atoms with Gasteiger partial charge in [-0.1, -0.05) is 5.57 Å². The summed E-state index contributed by atoms with van der Waals surface area (Å²) in [7, 11) is 0. The van der Waals surface area contributed by atoms with Crippen molar-refractivity contribution < 1.29 is 0 Å². The molecule has 0 bridgehead atoms. The fourth-order valence-corrected chi connectivity index (χ4v) is 2.61. The highest BCUT2D eigenvalue weighted by molar-refractivity contribution is 4.91. The van der Waals surface area contributed by atoms with E-state index in [1.54, 1.807) is 0 Å². The van der Waals surface area contributed by atoms with Gasteiger partial charge < -0.3 is 4.90 Å². The largest absolute Gasteiger partial charge is 0.300 e. The highest BCUT2D eigenvalue weighted by atomic mass is 15.3. The van der Waals surface area contributed by atoms with E-state index in [0.29, 0.717) is 0 Å². The molecule has 0 radical (unpaired) electrons. The lowest BCUT2D eigenvalue weighted by Gasteiger charge is -2.37. The van der Waals surface area contributed by atoms with Gasteiger partial charge in [-0.15, -0.1) is 6.58 Å². The summed E-state index contributed by atoms with van der Waals surface area (Å²) >= 11 is 0. The summed E-state index contributed by atoms with van der Waals surface area (Å²) in [6.07, 6.45) is 4.01. The van der Waals surface area contributed by atoms with Crippen LogP contribution in [0.1, 0.15) is 26.2 Å². The summed E-state index contributed by atoms with van der Waals surface area (Å²) in [4.78, 5) is 5.28. The average molecular weight is 194 g/mol. The molecule has 2 aliphatic rings. The van der Waals surface area contributed by atoms with Gasteiger partial charge in [0.1, 0.15) is 0 Å². The fraction of sp³-hybridized carbons (Fsp3) is 0.833. The first-order valence-electron chi connectivity index (χ1n) is 5.86. The van der Waals surface area contributed by atoms with Crippen molar-refractivity contribution in [1.82, 2.24) is 9.80 Å². The molecule has 2 rings (SSSR count). The van der Waals surface area contributed by atoms with Crippen LogP contribution in [0.4, 0.5) is 0 Å². The van der Waals surface area contributed by atoms with Crippen molar-refractivity contribution >= 4 is 0 Å². The molecule has 80 valence electrons. The molecule has 0 N–H and O–H groups in total. The molecule has 0 spiro atoms. The van der Waals surface area contributed by atoms with Crippen molar-refractivity contribution in [1.29, 1.82) is 0 Å². The highest BCUT2D eigenvalue weighted by Gasteiger charge is 2.29. The quantitative estimate of drug-likeness (QED) is 0.631. The number of hydrogen-bond acceptors (Lipinski definition) is 2. The van der Waals surface area contributed by atoms with Crippen LogP contribution in [0.3, 0.4) is 0 Å². The Kier molecular flexibility index (Phi) is 3.24. The number of hydrogen-bond donors (Lipinski definition) is 0. The first-order valence-corrected chi connectivity index (χ1v) is 5.86. The van der Waals surface area contributed by atoms with E-state index in [1.807, 2.05) is 0 Å². The number of piperazine rings is 1. The van der Waals surface area contributed by atoms with Crippen molar-refractivity contribution in [2.45, 2.75) is 32.2 Å². The van der Waals surface area contributed by atoms with Crippen LogP contribution in [0.5, 0.6) is 0 Å². The maximum Gasteiger partial charge on any atom is 0.0224 e. The Hall–Kier alpha value is -0.340. The minimum absolute atomic E-state index is 0.869. The summed E-state index contributed by atoms with van der Waals surface area (Å²) in [5, 5.41) is 0. The molecule has 1 atom stereocenters. The zero-order chi connectivity index (χ0) is 9.97. The molecule has 0 amide bonds. The lowest BCUT2D eigenvalue weighted by atomic mass is 10.1. The zero-order valence-electron chi connectivity index (χ0n) is 9.34. The molecule has 14 heavy (non-hydrogen) atoms. The van der Waals surface area contributed by atoms with Crippen LogP contribution in [-0.4, -0.2) is 48.6 Å². The average Bonchev–Trinajstić information content (AvgIpc) is 2.61. The fourth-order valence-electron chi connectivity index (χ4n) is 2.61. The molecule has 0 saturated carbocycles. The molecule has 1 unspecified atom stereocenters. The SMILES string of the molecule is C=C(C)CCN1CCN2CCCC2C1. The standard InChI is InChI=1S/C12H22N2/c1-11(2)5-7-13-8-9-14-6-3-4-12(14)10-13/h12H,1,3-10H2,2H3. The molecular weight excluding hydrogens is 172 g/mol. The Morgan fingerprint density at radius 3 is 3.00 bits per heavy atom. The number of nitrogens with zero attached hydrogens (tertiary/aromatic N) is 2.